The molecule has 0 radical (unpaired) electrons. The van der Waals surface area contributed by atoms with Crippen molar-refractivity contribution in [1.82, 2.24) is 4.90 Å². The van der Waals surface area contributed by atoms with Crippen molar-refractivity contribution in [3.8, 4) is 17.2 Å². The molecule has 2 aromatic carbocycles. The molecular weight excluding hydrogens is 677 g/mol. The minimum absolute atomic E-state index is 0.0290. The van der Waals surface area contributed by atoms with Gasteiger partial charge in [0.05, 0.1) is 26.5 Å². The van der Waals surface area contributed by atoms with Gasteiger partial charge >= 0.3 is 12.1 Å². The molecule has 13 heteroatoms. The van der Waals surface area contributed by atoms with E-state index < -0.39 is 18.2 Å². The zero-order chi connectivity index (χ0) is 33.8. The van der Waals surface area contributed by atoms with Crippen LogP contribution in [-0.2, 0) is 22.4 Å². The average Bonchev–Trinajstić information content (AvgIpc) is 3.57. The van der Waals surface area contributed by atoms with Crippen LogP contribution >= 0.6 is 34.5 Å². The number of methoxy groups -OCH3 is 2. The van der Waals surface area contributed by atoms with Crippen LogP contribution in [0.15, 0.2) is 67.0 Å². The van der Waals surface area contributed by atoms with Crippen molar-refractivity contribution in [2.75, 3.05) is 38.8 Å². The Kier molecular flexibility index (Phi) is 10.6. The van der Waals surface area contributed by atoms with Crippen LogP contribution in [0.25, 0.3) is 0 Å². The maximum atomic E-state index is 13.7. The number of H-pyrrole nitrogens is 1. The second-order valence-corrected chi connectivity index (χ2v) is 13.8. The molecule has 10 nitrogen and oxygen atoms in total. The number of phenolic OH excluding ortho intramolecular Hbond substituents is 1. The molecule has 1 amide bonds. The Bertz CT molecular complexity index is 1760. The summed E-state index contributed by atoms with van der Waals surface area (Å²) in [7, 11) is 3.08. The van der Waals surface area contributed by atoms with Crippen molar-refractivity contribution >= 4 is 52.3 Å². The summed E-state index contributed by atoms with van der Waals surface area (Å²) in [5, 5.41) is 11.0. The molecule has 3 fully saturated rings. The van der Waals surface area contributed by atoms with Crippen molar-refractivity contribution in [2.24, 2.45) is 5.92 Å². The molecule has 7 rings (SSSR count). The number of thiophene rings is 1. The zero-order valence-electron chi connectivity index (χ0n) is 26.5. The van der Waals surface area contributed by atoms with E-state index in [-0.39, 0.29) is 24.8 Å². The van der Waals surface area contributed by atoms with Gasteiger partial charge in [0.25, 0.3) is 0 Å². The van der Waals surface area contributed by atoms with Gasteiger partial charge in [-0.3, -0.25) is 9.80 Å². The Hall–Kier alpha value is -4.03. The van der Waals surface area contributed by atoms with Gasteiger partial charge in [0.2, 0.25) is 0 Å². The van der Waals surface area contributed by atoms with Crippen LogP contribution in [0.1, 0.15) is 44.6 Å². The first-order chi connectivity index (χ1) is 23.2. The SMILES string of the molecule is COc1ccc([C@H](Cc2c(Cl)c[nH+]cc2Cl)OC(=O)c2ccc(CN(C(=O)O[C@H]3CN4CCC3CC4)c3cccc(O)c3)s2)cc1OC. The molecule has 2 aromatic heterocycles. The number of aromatic nitrogens is 1. The molecule has 2 N–H and O–H groups in total. The maximum Gasteiger partial charge on any atom is 0.414 e. The van der Waals surface area contributed by atoms with Crippen molar-refractivity contribution in [3.05, 3.63) is 97.9 Å². The summed E-state index contributed by atoms with van der Waals surface area (Å²) >= 11 is 14.2. The lowest BCUT2D eigenvalue weighted by atomic mass is 9.86. The predicted molar refractivity (Wildman–Crippen MR) is 182 cm³/mol. The van der Waals surface area contributed by atoms with Gasteiger partial charge in [-0.15, -0.1) is 11.3 Å². The van der Waals surface area contributed by atoms with Gasteiger partial charge in [-0.2, -0.15) is 0 Å². The number of piperidine rings is 3. The molecule has 48 heavy (non-hydrogen) atoms. The number of aromatic amines is 1. The van der Waals surface area contributed by atoms with Gasteiger partial charge in [0.1, 0.15) is 32.9 Å². The second kappa shape index (κ2) is 15.0. The highest BCUT2D eigenvalue weighted by molar-refractivity contribution is 7.14. The smallest absolute Gasteiger partial charge is 0.414 e. The molecule has 252 valence electrons. The number of hydrogen-bond donors (Lipinski definition) is 1. The third-order valence-electron chi connectivity index (χ3n) is 8.80. The third-order valence-corrected chi connectivity index (χ3v) is 10.5. The molecule has 2 bridgehead atoms. The molecule has 2 atom stereocenters. The number of amides is 1. The van der Waals surface area contributed by atoms with E-state index in [9.17, 15) is 14.7 Å². The third kappa shape index (κ3) is 7.65. The summed E-state index contributed by atoms with van der Waals surface area (Å²) in [5.41, 5.74) is 1.75. The number of carbonyl (C=O) groups is 2. The summed E-state index contributed by atoms with van der Waals surface area (Å²) in [5.74, 6) is 0.819. The van der Waals surface area contributed by atoms with Crippen LogP contribution < -0.4 is 19.4 Å². The molecular formula is C35H36Cl2N3O7S+. The van der Waals surface area contributed by atoms with Crippen LogP contribution in [0, 0.1) is 5.92 Å². The van der Waals surface area contributed by atoms with Gasteiger partial charge in [-0.25, -0.2) is 14.6 Å². The van der Waals surface area contributed by atoms with Crippen LogP contribution in [0.5, 0.6) is 17.2 Å². The summed E-state index contributed by atoms with van der Waals surface area (Å²) < 4.78 is 23.1. The van der Waals surface area contributed by atoms with E-state index in [1.807, 2.05) is 0 Å². The first-order valence-corrected chi connectivity index (χ1v) is 17.1. The molecule has 0 unspecified atom stereocenters. The Labute approximate surface area is 292 Å². The number of pyridine rings is 1. The number of benzene rings is 2. The number of phenols is 1. The minimum Gasteiger partial charge on any atom is -0.508 e. The maximum absolute atomic E-state index is 13.7. The number of halogens is 2. The summed E-state index contributed by atoms with van der Waals surface area (Å²) in [6, 6.07) is 15.2. The summed E-state index contributed by atoms with van der Waals surface area (Å²) in [4.78, 5) is 35.1. The van der Waals surface area contributed by atoms with Gasteiger partial charge < -0.3 is 24.1 Å². The van der Waals surface area contributed by atoms with E-state index >= 15 is 0 Å². The van der Waals surface area contributed by atoms with Gasteiger partial charge in [0, 0.05) is 29.5 Å². The lowest BCUT2D eigenvalue weighted by molar-refractivity contribution is -0.377. The molecule has 0 saturated carbocycles. The topological polar surface area (TPSA) is 112 Å². The number of anilines is 1. The van der Waals surface area contributed by atoms with E-state index in [1.165, 1.54) is 29.4 Å². The number of rotatable bonds is 11. The van der Waals surface area contributed by atoms with Crippen LogP contribution in [-0.4, -0.2) is 62.0 Å². The Morgan fingerprint density at radius 2 is 1.77 bits per heavy atom. The fraction of sp³-hybridized carbons (Fsp3) is 0.343. The second-order valence-electron chi connectivity index (χ2n) is 11.8. The van der Waals surface area contributed by atoms with Gasteiger partial charge in [-0.05, 0) is 73.8 Å². The fourth-order valence-electron chi connectivity index (χ4n) is 6.21. The van der Waals surface area contributed by atoms with Crippen LogP contribution in [0.3, 0.4) is 0 Å². The summed E-state index contributed by atoms with van der Waals surface area (Å²) in [6.45, 7) is 2.91. The van der Waals surface area contributed by atoms with E-state index in [1.54, 1.807) is 68.0 Å². The normalized spacial score (nSPS) is 19.0. The molecule has 3 saturated heterocycles. The van der Waals surface area contributed by atoms with E-state index in [2.05, 4.69) is 9.88 Å². The zero-order valence-corrected chi connectivity index (χ0v) is 28.8. The molecule has 0 aliphatic carbocycles. The Morgan fingerprint density at radius 1 is 1.02 bits per heavy atom. The number of aromatic hydroxyl groups is 1. The van der Waals surface area contributed by atoms with E-state index in [0.29, 0.717) is 49.2 Å². The van der Waals surface area contributed by atoms with Gasteiger partial charge in [0.15, 0.2) is 23.9 Å². The number of ether oxygens (including phenoxy) is 4. The highest BCUT2D eigenvalue weighted by Crippen LogP contribution is 2.36. The lowest BCUT2D eigenvalue weighted by Crippen LogP contribution is -2.53. The number of nitrogens with zero attached hydrogens (tertiary/aromatic N) is 2. The fourth-order valence-corrected chi connectivity index (χ4v) is 7.62. The number of nitrogens with one attached hydrogen (secondary N) is 1. The molecule has 5 heterocycles. The molecule has 3 aliphatic heterocycles. The largest absolute Gasteiger partial charge is 0.508 e. The van der Waals surface area contributed by atoms with Crippen LogP contribution in [0.2, 0.25) is 10.0 Å². The monoisotopic (exact) mass is 712 g/mol. The number of carbonyl (C=O) groups excluding carboxylic acids is 2. The first-order valence-electron chi connectivity index (χ1n) is 15.6. The standard InChI is InChI=1S/C35H35Cl2N3O7S/c1-44-29-8-6-22(14-31(29)45-2)30(16-26-27(36)17-38-18-28(26)37)46-34(42)33-9-7-25(48-33)19-40(23-4-3-5-24(41)15-23)35(43)47-32-20-39-12-10-21(32)11-13-39/h3-9,14-15,17-18,21,30,32,41H,10-13,16,19-20H2,1-2H3/p+1/t30-,32-/m0/s1. The number of fused-ring (bicyclic) bond motifs is 3. The molecule has 0 spiro atoms. The van der Waals surface area contributed by atoms with Crippen molar-refractivity contribution in [1.29, 1.82) is 0 Å². The van der Waals surface area contributed by atoms with Crippen molar-refractivity contribution < 1.29 is 38.6 Å². The Balaban J connectivity index is 1.23. The molecule has 4 aromatic rings. The number of esters is 1. The predicted octanol–water partition coefficient (Wildman–Crippen LogP) is 6.97. The first kappa shape index (κ1) is 33.9. The lowest BCUT2D eigenvalue weighted by Gasteiger charge is -2.44. The van der Waals surface area contributed by atoms with Crippen molar-refractivity contribution in [2.45, 2.75) is 38.0 Å². The quantitative estimate of drug-likeness (QED) is 0.166. The highest BCUT2D eigenvalue weighted by atomic mass is 35.5. The minimum atomic E-state index is -0.777. The average molecular weight is 714 g/mol. The summed E-state index contributed by atoms with van der Waals surface area (Å²) in [6.07, 6.45) is 3.97. The van der Waals surface area contributed by atoms with E-state index in [4.69, 9.17) is 42.1 Å². The van der Waals surface area contributed by atoms with Crippen LogP contribution in [0.4, 0.5) is 10.5 Å². The van der Waals surface area contributed by atoms with Gasteiger partial charge in [-0.1, -0.05) is 35.3 Å². The molecule has 3 aliphatic rings. The Morgan fingerprint density at radius 3 is 2.44 bits per heavy atom. The van der Waals surface area contributed by atoms with Crippen molar-refractivity contribution in [3.63, 3.8) is 0 Å². The van der Waals surface area contributed by atoms with E-state index in [0.717, 1.165) is 37.4 Å². The number of hydrogen-bond acceptors (Lipinski definition) is 9. The highest BCUT2D eigenvalue weighted by Gasteiger charge is 2.37.